The maximum Gasteiger partial charge on any atom is 0.261 e. The fourth-order valence-corrected chi connectivity index (χ4v) is 3.77. The Hall–Kier alpha value is -2.80. The molecule has 0 bridgehead atoms. The minimum absolute atomic E-state index is 0.167. The molecule has 0 unspecified atom stereocenters. The van der Waals surface area contributed by atoms with Gasteiger partial charge in [-0.25, -0.2) is 9.97 Å². The third-order valence-corrected chi connectivity index (χ3v) is 5.21. The minimum Gasteiger partial charge on any atom is -0.389 e. The van der Waals surface area contributed by atoms with E-state index < -0.39 is 5.60 Å². The highest BCUT2D eigenvalue weighted by molar-refractivity contribution is 5.91. The first-order chi connectivity index (χ1) is 13.8. The number of hydrogen-bond acceptors (Lipinski definition) is 6. The molecule has 7 nitrogen and oxygen atoms in total. The molecule has 1 aliphatic heterocycles. The summed E-state index contributed by atoms with van der Waals surface area (Å²) < 4.78 is 1.47. The lowest BCUT2D eigenvalue weighted by Crippen LogP contribution is -2.34. The van der Waals surface area contributed by atoms with Gasteiger partial charge in [0.2, 0.25) is 0 Å². The van der Waals surface area contributed by atoms with E-state index in [2.05, 4.69) is 14.9 Å². The van der Waals surface area contributed by atoms with Crippen LogP contribution in [0, 0.1) is 6.92 Å². The number of aryl methyl sites for hydroxylation is 1. The van der Waals surface area contributed by atoms with Gasteiger partial charge in [0.1, 0.15) is 5.52 Å². The molecule has 0 aromatic carbocycles. The van der Waals surface area contributed by atoms with Crippen LogP contribution in [-0.2, 0) is 6.54 Å². The lowest BCUT2D eigenvalue weighted by molar-refractivity contribution is 0.0603. The van der Waals surface area contributed by atoms with Crippen molar-refractivity contribution in [1.82, 2.24) is 19.5 Å². The van der Waals surface area contributed by atoms with Crippen LogP contribution in [0.2, 0.25) is 0 Å². The lowest BCUT2D eigenvalue weighted by atomic mass is 10.1. The minimum atomic E-state index is -1.01. The first kappa shape index (κ1) is 19.5. The summed E-state index contributed by atoms with van der Waals surface area (Å²) in [6, 6.07) is 5.71. The standard InChI is InChI=1S/C22H27N5O2/c1-15-7-8-16(12-23-15)18-11-17-19(20(25-18)26-9-5-4-6-10-26)24-14-27(21(17)28)13-22(2,3)29/h7-8,11-12,14,29H,4-6,9-10,13H2,1-3H3. The van der Waals surface area contributed by atoms with Gasteiger partial charge in [0.05, 0.1) is 29.6 Å². The third kappa shape index (κ3) is 4.15. The maximum absolute atomic E-state index is 13.2. The summed E-state index contributed by atoms with van der Waals surface area (Å²) in [5.41, 5.74) is 1.95. The number of nitrogens with zero attached hydrogens (tertiary/aromatic N) is 5. The smallest absolute Gasteiger partial charge is 0.261 e. The molecular weight excluding hydrogens is 366 g/mol. The second-order valence-corrected chi connectivity index (χ2v) is 8.45. The largest absolute Gasteiger partial charge is 0.389 e. The average Bonchev–Trinajstić information content (AvgIpc) is 2.70. The Bertz CT molecular complexity index is 1080. The Kier molecular flexibility index (Phi) is 5.08. The molecule has 4 heterocycles. The van der Waals surface area contributed by atoms with Crippen LogP contribution in [0.25, 0.3) is 22.2 Å². The molecule has 0 amide bonds. The normalized spacial score (nSPS) is 15.1. The van der Waals surface area contributed by atoms with Crippen molar-refractivity contribution >= 4 is 16.7 Å². The Morgan fingerprint density at radius 3 is 2.55 bits per heavy atom. The topological polar surface area (TPSA) is 84.1 Å². The quantitative estimate of drug-likeness (QED) is 0.734. The molecule has 3 aromatic heterocycles. The van der Waals surface area contributed by atoms with Crippen LogP contribution < -0.4 is 10.5 Å². The zero-order valence-electron chi connectivity index (χ0n) is 17.2. The molecule has 0 radical (unpaired) electrons. The maximum atomic E-state index is 13.2. The van der Waals surface area contributed by atoms with Crippen molar-refractivity contribution in [2.75, 3.05) is 18.0 Å². The van der Waals surface area contributed by atoms with Crippen LogP contribution in [0.5, 0.6) is 0 Å². The van der Waals surface area contributed by atoms with Gasteiger partial charge >= 0.3 is 0 Å². The van der Waals surface area contributed by atoms with E-state index in [1.165, 1.54) is 17.3 Å². The summed E-state index contributed by atoms with van der Waals surface area (Å²) >= 11 is 0. The van der Waals surface area contributed by atoms with E-state index in [0.29, 0.717) is 16.6 Å². The average molecular weight is 393 g/mol. The summed E-state index contributed by atoms with van der Waals surface area (Å²) in [5, 5.41) is 10.7. The number of pyridine rings is 2. The number of hydrogen-bond donors (Lipinski definition) is 1. The van der Waals surface area contributed by atoms with E-state index in [1.54, 1.807) is 26.1 Å². The van der Waals surface area contributed by atoms with Gasteiger partial charge in [-0.15, -0.1) is 0 Å². The molecule has 0 atom stereocenters. The van der Waals surface area contributed by atoms with Gasteiger partial charge in [0.15, 0.2) is 5.82 Å². The van der Waals surface area contributed by atoms with Gasteiger partial charge in [-0.05, 0) is 58.2 Å². The fourth-order valence-electron chi connectivity index (χ4n) is 3.77. The summed E-state index contributed by atoms with van der Waals surface area (Å²) in [6.45, 7) is 7.29. The van der Waals surface area contributed by atoms with Crippen LogP contribution in [0.4, 0.5) is 5.82 Å². The Balaban J connectivity index is 1.92. The Morgan fingerprint density at radius 1 is 1.14 bits per heavy atom. The molecule has 1 aliphatic rings. The van der Waals surface area contributed by atoms with Crippen LogP contribution >= 0.6 is 0 Å². The number of fused-ring (bicyclic) bond motifs is 1. The zero-order chi connectivity index (χ0) is 20.6. The first-order valence-electron chi connectivity index (χ1n) is 10.1. The van der Waals surface area contributed by atoms with Gasteiger partial charge in [-0.1, -0.05) is 0 Å². The Morgan fingerprint density at radius 2 is 1.90 bits per heavy atom. The second-order valence-electron chi connectivity index (χ2n) is 8.45. The van der Waals surface area contributed by atoms with E-state index in [9.17, 15) is 9.90 Å². The number of rotatable bonds is 4. The van der Waals surface area contributed by atoms with E-state index >= 15 is 0 Å². The predicted octanol–water partition coefficient (Wildman–Crippen LogP) is 2.92. The van der Waals surface area contributed by atoms with Crippen LogP contribution in [0.3, 0.4) is 0 Å². The van der Waals surface area contributed by atoms with Crippen LogP contribution in [0.1, 0.15) is 38.8 Å². The highest BCUT2D eigenvalue weighted by Gasteiger charge is 2.21. The molecular formula is C22H27N5O2. The van der Waals surface area contributed by atoms with Crippen molar-refractivity contribution in [3.8, 4) is 11.3 Å². The van der Waals surface area contributed by atoms with Gasteiger partial charge in [-0.3, -0.25) is 14.3 Å². The van der Waals surface area contributed by atoms with Gasteiger partial charge < -0.3 is 10.0 Å². The van der Waals surface area contributed by atoms with E-state index in [0.717, 1.165) is 43.0 Å². The summed E-state index contributed by atoms with van der Waals surface area (Å²) in [5.74, 6) is 0.755. The van der Waals surface area contributed by atoms with Gasteiger partial charge in [0, 0.05) is 30.5 Å². The molecule has 4 rings (SSSR count). The van der Waals surface area contributed by atoms with Crippen molar-refractivity contribution in [2.45, 2.75) is 52.2 Å². The molecule has 152 valence electrons. The highest BCUT2D eigenvalue weighted by Crippen LogP contribution is 2.29. The second kappa shape index (κ2) is 7.55. The van der Waals surface area contributed by atoms with Crippen molar-refractivity contribution in [3.05, 3.63) is 46.8 Å². The van der Waals surface area contributed by atoms with Crippen molar-refractivity contribution in [2.24, 2.45) is 0 Å². The number of aromatic nitrogens is 4. The lowest BCUT2D eigenvalue weighted by Gasteiger charge is -2.29. The number of aliphatic hydroxyl groups is 1. The molecule has 0 spiro atoms. The Labute approximate surface area is 170 Å². The molecule has 3 aromatic rings. The van der Waals surface area contributed by atoms with E-state index in [1.807, 2.05) is 19.1 Å². The molecule has 0 saturated carbocycles. The van der Waals surface area contributed by atoms with E-state index in [4.69, 9.17) is 4.98 Å². The monoisotopic (exact) mass is 393 g/mol. The zero-order valence-corrected chi connectivity index (χ0v) is 17.2. The number of piperidine rings is 1. The summed E-state index contributed by atoms with van der Waals surface area (Å²) in [4.78, 5) is 29.3. The molecule has 1 saturated heterocycles. The summed E-state index contributed by atoms with van der Waals surface area (Å²) in [6.07, 6.45) is 6.73. The van der Waals surface area contributed by atoms with E-state index in [-0.39, 0.29) is 12.1 Å². The fraction of sp³-hybridized carbons (Fsp3) is 0.455. The molecule has 0 aliphatic carbocycles. The predicted molar refractivity (Wildman–Crippen MR) is 114 cm³/mol. The van der Waals surface area contributed by atoms with Crippen molar-refractivity contribution < 1.29 is 5.11 Å². The SMILES string of the molecule is Cc1ccc(-c2cc3c(=O)n(CC(C)(C)O)cnc3c(N3CCCCC3)n2)cn1. The molecule has 1 fully saturated rings. The highest BCUT2D eigenvalue weighted by atomic mass is 16.3. The van der Waals surface area contributed by atoms with Crippen molar-refractivity contribution in [1.29, 1.82) is 0 Å². The molecule has 29 heavy (non-hydrogen) atoms. The third-order valence-electron chi connectivity index (χ3n) is 5.21. The molecule has 7 heteroatoms. The first-order valence-corrected chi connectivity index (χ1v) is 10.1. The van der Waals surface area contributed by atoms with Crippen LogP contribution in [0.15, 0.2) is 35.5 Å². The van der Waals surface area contributed by atoms with Gasteiger partial charge in [-0.2, -0.15) is 0 Å². The van der Waals surface area contributed by atoms with Crippen molar-refractivity contribution in [3.63, 3.8) is 0 Å². The number of anilines is 1. The molecule has 1 N–H and O–H groups in total. The summed E-state index contributed by atoms with van der Waals surface area (Å²) in [7, 11) is 0. The van der Waals surface area contributed by atoms with Crippen LogP contribution in [-0.4, -0.2) is 43.3 Å². The van der Waals surface area contributed by atoms with Gasteiger partial charge in [0.25, 0.3) is 5.56 Å².